The highest BCUT2D eigenvalue weighted by molar-refractivity contribution is 5.97. The number of aromatic amines is 1. The molecule has 2 aromatic heterocycles. The van der Waals surface area contributed by atoms with Crippen molar-refractivity contribution >= 4 is 22.8 Å². The summed E-state index contributed by atoms with van der Waals surface area (Å²) in [6.45, 7) is 1.56. The number of pyridine rings is 1. The standard InChI is InChI=1S/C19H21N5O2/c1-23(2)18-5-3-4-15(22-18)17-11-24(8-9-26-17)19(25)13-6-7-14-16(10-13)21-12-20-14/h3-7,10,12,17H,8-9,11H2,1-2H3,(H,20,21). The van der Waals surface area contributed by atoms with E-state index in [4.69, 9.17) is 4.74 Å². The predicted molar refractivity (Wildman–Crippen MR) is 99.3 cm³/mol. The fourth-order valence-corrected chi connectivity index (χ4v) is 3.13. The smallest absolute Gasteiger partial charge is 0.254 e. The molecule has 0 bridgehead atoms. The summed E-state index contributed by atoms with van der Waals surface area (Å²) in [5.74, 6) is 0.873. The highest BCUT2D eigenvalue weighted by atomic mass is 16.5. The van der Waals surface area contributed by atoms with Crippen molar-refractivity contribution in [2.45, 2.75) is 6.10 Å². The Hall–Kier alpha value is -2.93. The SMILES string of the molecule is CN(C)c1cccc(C2CN(C(=O)c3ccc4nc[nH]c4c3)CCO2)n1. The van der Waals surface area contributed by atoms with Gasteiger partial charge in [0.2, 0.25) is 0 Å². The number of imidazole rings is 1. The Morgan fingerprint density at radius 2 is 2.19 bits per heavy atom. The average Bonchev–Trinajstić information content (AvgIpc) is 3.15. The first kappa shape index (κ1) is 16.5. The van der Waals surface area contributed by atoms with Crippen LogP contribution in [-0.2, 0) is 4.74 Å². The van der Waals surface area contributed by atoms with Crippen molar-refractivity contribution in [1.29, 1.82) is 0 Å². The number of aromatic nitrogens is 3. The summed E-state index contributed by atoms with van der Waals surface area (Å²) in [7, 11) is 3.91. The minimum atomic E-state index is -0.219. The zero-order chi connectivity index (χ0) is 18.1. The van der Waals surface area contributed by atoms with Gasteiger partial charge in [0.05, 0.1) is 36.2 Å². The summed E-state index contributed by atoms with van der Waals surface area (Å²) < 4.78 is 5.88. The molecule has 1 aliphatic heterocycles. The predicted octanol–water partition coefficient (Wildman–Crippen LogP) is 2.24. The van der Waals surface area contributed by atoms with Crippen LogP contribution in [0.3, 0.4) is 0 Å². The molecule has 1 unspecified atom stereocenters. The van der Waals surface area contributed by atoms with Crippen LogP contribution in [0, 0.1) is 0 Å². The molecule has 0 spiro atoms. The van der Waals surface area contributed by atoms with Crippen LogP contribution in [0.5, 0.6) is 0 Å². The quantitative estimate of drug-likeness (QED) is 0.783. The van der Waals surface area contributed by atoms with Crippen LogP contribution in [0.15, 0.2) is 42.7 Å². The number of hydrogen-bond donors (Lipinski definition) is 1. The van der Waals surface area contributed by atoms with Crippen molar-refractivity contribution in [2.24, 2.45) is 0 Å². The van der Waals surface area contributed by atoms with Gasteiger partial charge in [-0.1, -0.05) is 6.07 Å². The van der Waals surface area contributed by atoms with Gasteiger partial charge in [-0.3, -0.25) is 4.79 Å². The average molecular weight is 351 g/mol. The second-order valence-corrected chi connectivity index (χ2v) is 6.56. The number of H-pyrrole nitrogens is 1. The third-order valence-corrected chi connectivity index (χ3v) is 4.56. The van der Waals surface area contributed by atoms with Crippen LogP contribution in [0.1, 0.15) is 22.2 Å². The number of carbonyl (C=O) groups is 1. The maximum absolute atomic E-state index is 12.9. The van der Waals surface area contributed by atoms with Crippen LogP contribution in [0.25, 0.3) is 11.0 Å². The van der Waals surface area contributed by atoms with Crippen LogP contribution >= 0.6 is 0 Å². The lowest BCUT2D eigenvalue weighted by Gasteiger charge is -2.33. The molecular formula is C19H21N5O2. The molecule has 134 valence electrons. The third kappa shape index (κ3) is 3.13. The number of amides is 1. The molecule has 1 amide bonds. The highest BCUT2D eigenvalue weighted by Crippen LogP contribution is 2.24. The van der Waals surface area contributed by atoms with Gasteiger partial charge in [-0.05, 0) is 30.3 Å². The minimum absolute atomic E-state index is 0.00133. The number of anilines is 1. The number of benzene rings is 1. The maximum atomic E-state index is 12.9. The summed E-state index contributed by atoms with van der Waals surface area (Å²) in [6.07, 6.45) is 1.41. The summed E-state index contributed by atoms with van der Waals surface area (Å²) in [4.78, 5) is 28.6. The monoisotopic (exact) mass is 351 g/mol. The molecule has 1 aliphatic rings. The Morgan fingerprint density at radius 1 is 1.31 bits per heavy atom. The number of nitrogens with zero attached hydrogens (tertiary/aromatic N) is 4. The molecule has 1 fully saturated rings. The van der Waals surface area contributed by atoms with E-state index in [1.165, 1.54) is 0 Å². The number of rotatable bonds is 3. The Labute approximate surface area is 151 Å². The van der Waals surface area contributed by atoms with Crippen molar-refractivity contribution in [3.05, 3.63) is 54.0 Å². The lowest BCUT2D eigenvalue weighted by Crippen LogP contribution is -2.42. The van der Waals surface area contributed by atoms with Gasteiger partial charge in [0.1, 0.15) is 11.9 Å². The van der Waals surface area contributed by atoms with Crippen LogP contribution in [0.4, 0.5) is 5.82 Å². The van der Waals surface area contributed by atoms with E-state index >= 15 is 0 Å². The van der Waals surface area contributed by atoms with Gasteiger partial charge >= 0.3 is 0 Å². The summed E-state index contributed by atoms with van der Waals surface area (Å²) in [5, 5.41) is 0. The molecule has 1 saturated heterocycles. The van der Waals surface area contributed by atoms with Gasteiger partial charge in [-0.2, -0.15) is 0 Å². The molecule has 3 heterocycles. The first-order chi connectivity index (χ1) is 12.6. The van der Waals surface area contributed by atoms with Crippen molar-refractivity contribution < 1.29 is 9.53 Å². The Morgan fingerprint density at radius 3 is 3.04 bits per heavy atom. The molecule has 1 aromatic carbocycles. The Kier molecular flexibility index (Phi) is 4.30. The van der Waals surface area contributed by atoms with E-state index in [0.29, 0.717) is 25.3 Å². The first-order valence-corrected chi connectivity index (χ1v) is 8.60. The van der Waals surface area contributed by atoms with Gasteiger partial charge in [-0.25, -0.2) is 9.97 Å². The number of fused-ring (bicyclic) bond motifs is 1. The number of hydrogen-bond acceptors (Lipinski definition) is 5. The van der Waals surface area contributed by atoms with E-state index in [1.807, 2.05) is 60.3 Å². The van der Waals surface area contributed by atoms with Gasteiger partial charge < -0.3 is 19.5 Å². The Balaban J connectivity index is 1.54. The lowest BCUT2D eigenvalue weighted by atomic mass is 10.1. The van der Waals surface area contributed by atoms with Gasteiger partial charge in [0.15, 0.2) is 0 Å². The number of carbonyl (C=O) groups excluding carboxylic acids is 1. The lowest BCUT2D eigenvalue weighted by molar-refractivity contribution is -0.0246. The topological polar surface area (TPSA) is 74.3 Å². The van der Waals surface area contributed by atoms with Crippen molar-refractivity contribution in [2.75, 3.05) is 38.7 Å². The van der Waals surface area contributed by atoms with Gasteiger partial charge in [0, 0.05) is 26.2 Å². The zero-order valence-electron chi connectivity index (χ0n) is 14.8. The van der Waals surface area contributed by atoms with E-state index in [2.05, 4.69) is 15.0 Å². The van der Waals surface area contributed by atoms with Gasteiger partial charge in [-0.15, -0.1) is 0 Å². The third-order valence-electron chi connectivity index (χ3n) is 4.56. The number of morpholine rings is 1. The number of nitrogens with one attached hydrogen (secondary N) is 1. The molecule has 3 aromatic rings. The second-order valence-electron chi connectivity index (χ2n) is 6.56. The first-order valence-electron chi connectivity index (χ1n) is 8.60. The van der Waals surface area contributed by atoms with E-state index in [9.17, 15) is 4.79 Å². The maximum Gasteiger partial charge on any atom is 0.254 e. The molecule has 0 aliphatic carbocycles. The van der Waals surface area contributed by atoms with Crippen LogP contribution < -0.4 is 4.90 Å². The largest absolute Gasteiger partial charge is 0.368 e. The van der Waals surface area contributed by atoms with E-state index in [0.717, 1.165) is 22.5 Å². The summed E-state index contributed by atoms with van der Waals surface area (Å²) >= 11 is 0. The molecule has 0 saturated carbocycles. The molecule has 26 heavy (non-hydrogen) atoms. The molecular weight excluding hydrogens is 330 g/mol. The van der Waals surface area contributed by atoms with Crippen molar-refractivity contribution in [1.82, 2.24) is 19.9 Å². The molecule has 4 rings (SSSR count). The molecule has 7 nitrogen and oxygen atoms in total. The van der Waals surface area contributed by atoms with E-state index in [1.54, 1.807) is 6.33 Å². The summed E-state index contributed by atoms with van der Waals surface area (Å²) in [5.41, 5.74) is 3.21. The van der Waals surface area contributed by atoms with Crippen LogP contribution in [-0.4, -0.2) is 59.6 Å². The summed E-state index contributed by atoms with van der Waals surface area (Å²) in [6, 6.07) is 11.4. The van der Waals surface area contributed by atoms with Crippen LogP contribution in [0.2, 0.25) is 0 Å². The van der Waals surface area contributed by atoms with Gasteiger partial charge in [0.25, 0.3) is 5.91 Å². The minimum Gasteiger partial charge on any atom is -0.368 e. The fourth-order valence-electron chi connectivity index (χ4n) is 3.13. The molecule has 0 radical (unpaired) electrons. The Bertz CT molecular complexity index is 936. The second kappa shape index (κ2) is 6.76. The van der Waals surface area contributed by atoms with Crippen molar-refractivity contribution in [3.63, 3.8) is 0 Å². The fraction of sp³-hybridized carbons (Fsp3) is 0.316. The van der Waals surface area contributed by atoms with E-state index < -0.39 is 0 Å². The van der Waals surface area contributed by atoms with Crippen molar-refractivity contribution in [3.8, 4) is 0 Å². The highest BCUT2D eigenvalue weighted by Gasteiger charge is 2.27. The molecule has 7 heteroatoms. The number of ether oxygens (including phenoxy) is 1. The normalized spacial score (nSPS) is 17.5. The van der Waals surface area contributed by atoms with E-state index in [-0.39, 0.29) is 12.0 Å². The molecule has 1 N–H and O–H groups in total. The zero-order valence-corrected chi connectivity index (χ0v) is 14.8. The molecule has 1 atom stereocenters.